The van der Waals surface area contributed by atoms with Crippen LogP contribution >= 0.6 is 0 Å². The number of rotatable bonds is 5. The number of aliphatic hydroxyl groups is 3. The number of hydrogen-bond donors (Lipinski definition) is 4. The average molecular weight is 288 g/mol. The van der Waals surface area contributed by atoms with Crippen molar-refractivity contribution in [1.29, 1.82) is 0 Å². The van der Waals surface area contributed by atoms with E-state index in [1.165, 1.54) is 6.33 Å². The van der Waals surface area contributed by atoms with Crippen molar-refractivity contribution in [3.8, 4) is 12.3 Å². The van der Waals surface area contributed by atoms with Crippen LogP contribution in [0.3, 0.4) is 0 Å². The highest BCUT2D eigenvalue weighted by atomic mass is 16.3. The molecule has 0 aliphatic carbocycles. The summed E-state index contributed by atoms with van der Waals surface area (Å²) in [4.78, 5) is 8.06. The number of nitrogens with two attached hydrogens (primary N) is 1. The molecule has 7 nitrogen and oxygen atoms in total. The third kappa shape index (κ3) is 2.87. The first-order valence-electron chi connectivity index (χ1n) is 6.27. The molecule has 7 heteroatoms. The summed E-state index contributed by atoms with van der Waals surface area (Å²) in [7, 11) is 0. The summed E-state index contributed by atoms with van der Waals surface area (Å²) in [5, 5.41) is 28.2. The molecule has 0 radical (unpaired) electrons. The predicted octanol–water partition coefficient (Wildman–Crippen LogP) is -0.733. The van der Waals surface area contributed by atoms with Crippen molar-refractivity contribution >= 4 is 16.9 Å². The van der Waals surface area contributed by atoms with Gasteiger partial charge >= 0.3 is 0 Å². The van der Waals surface area contributed by atoms with Crippen molar-refractivity contribution in [3.63, 3.8) is 0 Å². The van der Waals surface area contributed by atoms with Crippen LogP contribution in [0.15, 0.2) is 24.2 Å². The third-order valence-corrected chi connectivity index (χ3v) is 3.17. The van der Waals surface area contributed by atoms with Crippen LogP contribution in [-0.4, -0.2) is 49.2 Å². The minimum atomic E-state index is -1.09. The molecule has 110 valence electrons. The Balaban J connectivity index is 2.42. The van der Waals surface area contributed by atoms with Crippen molar-refractivity contribution in [2.45, 2.75) is 12.6 Å². The summed E-state index contributed by atoms with van der Waals surface area (Å²) in [6, 6.07) is 0. The number of aliphatic hydroxyl groups excluding tert-OH is 3. The second-order valence-corrected chi connectivity index (χ2v) is 4.43. The van der Waals surface area contributed by atoms with Crippen LogP contribution in [0.25, 0.3) is 11.0 Å². The summed E-state index contributed by atoms with van der Waals surface area (Å²) in [5.74, 6) is 2.83. The standard InChI is InChI=1S/C14H16N4O3/c1-2-9-5-18(4-3-10(6-19)11(21)7-20)14-12(9)13(15)16-8-17-14/h1,3,5,8,11,19-21H,4,6-7H2,(H2,15,16,17)/b10-3-. The molecule has 5 N–H and O–H groups in total. The summed E-state index contributed by atoms with van der Waals surface area (Å²) < 4.78 is 1.74. The molecule has 0 saturated carbocycles. The van der Waals surface area contributed by atoms with E-state index in [1.807, 2.05) is 0 Å². The Morgan fingerprint density at radius 2 is 2.24 bits per heavy atom. The van der Waals surface area contributed by atoms with Crippen molar-refractivity contribution in [2.24, 2.45) is 0 Å². The lowest BCUT2D eigenvalue weighted by atomic mass is 10.1. The summed E-state index contributed by atoms with van der Waals surface area (Å²) in [5.41, 5.74) is 7.28. The number of terminal acetylenes is 1. The lowest BCUT2D eigenvalue weighted by Crippen LogP contribution is -2.18. The molecule has 0 fully saturated rings. The van der Waals surface area contributed by atoms with Crippen molar-refractivity contribution in [2.75, 3.05) is 18.9 Å². The minimum Gasteiger partial charge on any atom is -0.393 e. The number of fused-ring (bicyclic) bond motifs is 1. The zero-order valence-electron chi connectivity index (χ0n) is 11.3. The van der Waals surface area contributed by atoms with Gasteiger partial charge < -0.3 is 25.6 Å². The first-order valence-corrected chi connectivity index (χ1v) is 6.27. The molecule has 0 amide bonds. The van der Waals surface area contributed by atoms with E-state index in [0.29, 0.717) is 34.5 Å². The van der Waals surface area contributed by atoms with E-state index in [-0.39, 0.29) is 6.61 Å². The van der Waals surface area contributed by atoms with Crippen LogP contribution in [0.5, 0.6) is 0 Å². The molecule has 0 aliphatic rings. The van der Waals surface area contributed by atoms with Gasteiger partial charge in [0, 0.05) is 12.7 Å². The highest BCUT2D eigenvalue weighted by molar-refractivity contribution is 5.92. The smallest absolute Gasteiger partial charge is 0.147 e. The first kappa shape index (κ1) is 15.0. The lowest BCUT2D eigenvalue weighted by molar-refractivity contribution is 0.111. The van der Waals surface area contributed by atoms with E-state index < -0.39 is 12.7 Å². The lowest BCUT2D eigenvalue weighted by Gasteiger charge is -2.10. The van der Waals surface area contributed by atoms with Gasteiger partial charge in [0.15, 0.2) is 0 Å². The van der Waals surface area contributed by atoms with Crippen LogP contribution < -0.4 is 5.73 Å². The Hall–Kier alpha value is -2.40. The SMILES string of the molecule is C#Cc1cn(C/C=C(/CO)C(O)CO)c2ncnc(N)c12. The Morgan fingerprint density at radius 3 is 2.86 bits per heavy atom. The van der Waals surface area contributed by atoms with E-state index >= 15 is 0 Å². The molecule has 2 aromatic heterocycles. The molecule has 2 aromatic rings. The molecule has 0 bridgehead atoms. The largest absolute Gasteiger partial charge is 0.393 e. The van der Waals surface area contributed by atoms with E-state index in [9.17, 15) is 10.2 Å². The zero-order chi connectivity index (χ0) is 15.4. The monoisotopic (exact) mass is 288 g/mol. The molecular weight excluding hydrogens is 272 g/mol. The van der Waals surface area contributed by atoms with Crippen molar-refractivity contribution < 1.29 is 15.3 Å². The molecule has 0 aromatic carbocycles. The van der Waals surface area contributed by atoms with Gasteiger partial charge in [-0.05, 0) is 5.57 Å². The zero-order valence-corrected chi connectivity index (χ0v) is 11.3. The predicted molar refractivity (Wildman–Crippen MR) is 78.1 cm³/mol. The average Bonchev–Trinajstić information content (AvgIpc) is 2.87. The Labute approximate surface area is 121 Å². The summed E-state index contributed by atoms with van der Waals surface area (Å²) in [6.45, 7) is -0.481. The summed E-state index contributed by atoms with van der Waals surface area (Å²) >= 11 is 0. The van der Waals surface area contributed by atoms with Crippen molar-refractivity contribution in [1.82, 2.24) is 14.5 Å². The van der Waals surface area contributed by atoms with E-state index in [1.54, 1.807) is 16.8 Å². The van der Waals surface area contributed by atoms with Gasteiger partial charge in [0.05, 0.1) is 24.2 Å². The van der Waals surface area contributed by atoms with E-state index in [4.69, 9.17) is 17.3 Å². The van der Waals surface area contributed by atoms with E-state index in [2.05, 4.69) is 15.9 Å². The highest BCUT2D eigenvalue weighted by Gasteiger charge is 2.12. The van der Waals surface area contributed by atoms with Gasteiger partial charge in [0.2, 0.25) is 0 Å². The molecule has 0 aliphatic heterocycles. The highest BCUT2D eigenvalue weighted by Crippen LogP contribution is 2.23. The molecule has 1 unspecified atom stereocenters. The fraction of sp³-hybridized carbons (Fsp3) is 0.286. The molecule has 1 atom stereocenters. The number of anilines is 1. The van der Waals surface area contributed by atoms with Crippen LogP contribution in [0.4, 0.5) is 5.82 Å². The quantitative estimate of drug-likeness (QED) is 0.425. The Morgan fingerprint density at radius 1 is 1.48 bits per heavy atom. The van der Waals surface area contributed by atoms with E-state index in [0.717, 1.165) is 0 Å². The number of hydrogen-bond acceptors (Lipinski definition) is 6. The third-order valence-electron chi connectivity index (χ3n) is 3.17. The molecule has 2 rings (SSSR count). The number of nitrogen functional groups attached to an aromatic ring is 1. The maximum absolute atomic E-state index is 9.54. The maximum Gasteiger partial charge on any atom is 0.147 e. The molecule has 21 heavy (non-hydrogen) atoms. The summed E-state index contributed by atoms with van der Waals surface area (Å²) in [6.07, 6.45) is 9.01. The van der Waals surface area contributed by atoms with Gasteiger partial charge in [-0.3, -0.25) is 0 Å². The van der Waals surface area contributed by atoms with Gasteiger partial charge in [-0.1, -0.05) is 12.0 Å². The number of nitrogens with zero attached hydrogens (tertiary/aromatic N) is 3. The van der Waals surface area contributed by atoms with Gasteiger partial charge in [0.25, 0.3) is 0 Å². The normalized spacial score (nSPS) is 13.3. The van der Waals surface area contributed by atoms with Gasteiger partial charge in [-0.2, -0.15) is 0 Å². The van der Waals surface area contributed by atoms with Gasteiger partial charge in [-0.15, -0.1) is 6.42 Å². The minimum absolute atomic E-state index is 0.299. The number of allylic oxidation sites excluding steroid dienone is 1. The second kappa shape index (κ2) is 6.37. The number of aromatic nitrogens is 3. The fourth-order valence-corrected chi connectivity index (χ4v) is 2.03. The molecule has 2 heterocycles. The van der Waals surface area contributed by atoms with Crippen LogP contribution in [0.1, 0.15) is 5.56 Å². The second-order valence-electron chi connectivity index (χ2n) is 4.43. The van der Waals surface area contributed by atoms with Crippen LogP contribution in [0, 0.1) is 12.3 Å². The maximum atomic E-state index is 9.54. The Bertz CT molecular complexity index is 715. The van der Waals surface area contributed by atoms with Gasteiger partial charge in [0.1, 0.15) is 23.9 Å². The fourth-order valence-electron chi connectivity index (χ4n) is 2.03. The molecule has 0 spiro atoms. The molecule has 0 saturated heterocycles. The van der Waals surface area contributed by atoms with Crippen molar-refractivity contribution in [3.05, 3.63) is 29.7 Å². The molecular formula is C14H16N4O3. The Kier molecular flexibility index (Phi) is 4.55. The van der Waals surface area contributed by atoms with Gasteiger partial charge in [-0.25, -0.2) is 9.97 Å². The van der Waals surface area contributed by atoms with Crippen LogP contribution in [-0.2, 0) is 6.54 Å². The topological polar surface area (TPSA) is 117 Å². The van der Waals surface area contributed by atoms with Crippen LogP contribution in [0.2, 0.25) is 0 Å². The first-order chi connectivity index (χ1) is 10.1.